The fourth-order valence-electron chi connectivity index (χ4n) is 5.26. The lowest BCUT2D eigenvalue weighted by molar-refractivity contribution is 0.240. The average Bonchev–Trinajstić information content (AvgIpc) is 2.70. The largest absolute Gasteiger partial charge is 0.0654 e. The highest BCUT2D eigenvalue weighted by Gasteiger charge is 2.20. The van der Waals surface area contributed by atoms with Gasteiger partial charge in [0.05, 0.1) is 0 Å². The second-order valence-electron chi connectivity index (χ2n) is 10.5. The number of hydrogen-bond acceptors (Lipinski definition) is 0. The van der Waals surface area contributed by atoms with E-state index in [9.17, 15) is 0 Å². The lowest BCUT2D eigenvalue weighted by Gasteiger charge is -2.28. The maximum atomic E-state index is 2.58. The highest BCUT2D eigenvalue weighted by Crippen LogP contribution is 2.33. The zero-order valence-electron chi connectivity index (χ0n) is 21.7. The average molecular weight is 409 g/mol. The van der Waals surface area contributed by atoms with Crippen molar-refractivity contribution in [2.75, 3.05) is 0 Å². The molecule has 0 aliphatic heterocycles. The number of hydrogen-bond donors (Lipinski definition) is 0. The molecule has 0 aromatic carbocycles. The third-order valence-electron chi connectivity index (χ3n) is 7.44. The van der Waals surface area contributed by atoms with Crippen LogP contribution in [0.3, 0.4) is 0 Å². The Bertz CT molecular complexity index is 307. The van der Waals surface area contributed by atoms with Gasteiger partial charge in [0.15, 0.2) is 0 Å². The van der Waals surface area contributed by atoms with E-state index in [1.54, 1.807) is 0 Å². The zero-order chi connectivity index (χ0) is 21.7. The van der Waals surface area contributed by atoms with Gasteiger partial charge in [0.25, 0.3) is 0 Å². The lowest BCUT2D eigenvalue weighted by Crippen LogP contribution is -2.15. The molecule has 4 unspecified atom stereocenters. The van der Waals surface area contributed by atoms with Crippen LogP contribution in [0.2, 0.25) is 0 Å². The summed E-state index contributed by atoms with van der Waals surface area (Å²) in [5, 5.41) is 0. The summed E-state index contributed by atoms with van der Waals surface area (Å²) in [5.74, 6) is 3.86. The first kappa shape index (κ1) is 29.0. The Labute approximate surface area is 187 Å². The monoisotopic (exact) mass is 408 g/mol. The van der Waals surface area contributed by atoms with Crippen LogP contribution in [-0.4, -0.2) is 0 Å². The van der Waals surface area contributed by atoms with Gasteiger partial charge in [-0.05, 0) is 36.5 Å². The maximum Gasteiger partial charge on any atom is -0.0388 e. The summed E-state index contributed by atoms with van der Waals surface area (Å²) in [6.45, 7) is 14.5. The topological polar surface area (TPSA) is 0 Å². The molecule has 0 bridgehead atoms. The SMILES string of the molecule is CCCCCC(C)CC(CCCCC)CCC(CCCCC)C(C)CCCCC. The van der Waals surface area contributed by atoms with Gasteiger partial charge in [-0.1, -0.05) is 151 Å². The van der Waals surface area contributed by atoms with Crippen LogP contribution in [0.1, 0.15) is 164 Å². The van der Waals surface area contributed by atoms with Gasteiger partial charge in [-0.2, -0.15) is 0 Å². The van der Waals surface area contributed by atoms with Crippen LogP contribution in [0.25, 0.3) is 0 Å². The molecule has 29 heavy (non-hydrogen) atoms. The molecule has 0 heteroatoms. The number of rotatable bonds is 22. The van der Waals surface area contributed by atoms with Crippen molar-refractivity contribution in [3.8, 4) is 0 Å². The van der Waals surface area contributed by atoms with Crippen molar-refractivity contribution in [3.05, 3.63) is 0 Å². The zero-order valence-corrected chi connectivity index (χ0v) is 21.7. The van der Waals surface area contributed by atoms with Crippen LogP contribution in [0.15, 0.2) is 0 Å². The van der Waals surface area contributed by atoms with Gasteiger partial charge in [-0.3, -0.25) is 0 Å². The molecule has 0 N–H and O–H groups in total. The minimum absolute atomic E-state index is 0.939. The Morgan fingerprint density at radius 1 is 0.448 bits per heavy atom. The van der Waals surface area contributed by atoms with Crippen molar-refractivity contribution in [1.29, 1.82) is 0 Å². The van der Waals surface area contributed by atoms with Gasteiger partial charge in [-0.15, -0.1) is 0 Å². The Morgan fingerprint density at radius 2 is 0.931 bits per heavy atom. The first-order valence-corrected chi connectivity index (χ1v) is 14.1. The molecule has 0 aliphatic rings. The molecular weight excluding hydrogens is 348 g/mol. The predicted molar refractivity (Wildman–Crippen MR) is 136 cm³/mol. The quantitative estimate of drug-likeness (QED) is 0.156. The molecule has 0 nitrogen and oxygen atoms in total. The summed E-state index contributed by atoms with van der Waals surface area (Å²) in [6, 6.07) is 0. The summed E-state index contributed by atoms with van der Waals surface area (Å²) >= 11 is 0. The predicted octanol–water partition coefficient (Wildman–Crippen LogP) is 11.0. The van der Waals surface area contributed by atoms with Gasteiger partial charge >= 0.3 is 0 Å². The molecule has 0 rings (SSSR count). The molecule has 0 saturated heterocycles. The summed E-state index contributed by atoms with van der Waals surface area (Å²) in [4.78, 5) is 0. The van der Waals surface area contributed by atoms with Crippen molar-refractivity contribution in [3.63, 3.8) is 0 Å². The fraction of sp³-hybridized carbons (Fsp3) is 1.00. The van der Waals surface area contributed by atoms with Crippen molar-refractivity contribution in [2.24, 2.45) is 23.7 Å². The molecule has 0 aromatic heterocycles. The molecule has 0 saturated carbocycles. The lowest BCUT2D eigenvalue weighted by atomic mass is 9.78. The second-order valence-corrected chi connectivity index (χ2v) is 10.5. The molecule has 0 amide bonds. The van der Waals surface area contributed by atoms with E-state index >= 15 is 0 Å². The van der Waals surface area contributed by atoms with Crippen LogP contribution in [0.5, 0.6) is 0 Å². The molecule has 0 aromatic rings. The summed E-state index contributed by atoms with van der Waals surface area (Å²) in [7, 11) is 0. The molecule has 176 valence electrons. The molecular formula is C29H60. The third kappa shape index (κ3) is 17.4. The van der Waals surface area contributed by atoms with Gasteiger partial charge in [0.2, 0.25) is 0 Å². The number of unbranched alkanes of at least 4 members (excludes halogenated alkanes) is 8. The van der Waals surface area contributed by atoms with Crippen molar-refractivity contribution >= 4 is 0 Å². The van der Waals surface area contributed by atoms with Gasteiger partial charge in [-0.25, -0.2) is 0 Å². The summed E-state index contributed by atoms with van der Waals surface area (Å²) < 4.78 is 0. The highest BCUT2D eigenvalue weighted by atomic mass is 14.3. The normalized spacial score (nSPS) is 15.9. The van der Waals surface area contributed by atoms with E-state index in [-0.39, 0.29) is 0 Å². The Kier molecular flexibility index (Phi) is 21.2. The molecule has 0 fully saturated rings. The standard InChI is InChI=1S/C29H60/c1-7-11-15-19-26(5)25-28(21-17-13-9-3)23-24-29(22-18-14-10-4)27(6)20-16-12-8-2/h26-29H,7-25H2,1-6H3. The van der Waals surface area contributed by atoms with E-state index in [2.05, 4.69) is 41.5 Å². The van der Waals surface area contributed by atoms with Crippen molar-refractivity contribution < 1.29 is 0 Å². The van der Waals surface area contributed by atoms with Gasteiger partial charge in [0.1, 0.15) is 0 Å². The first-order valence-electron chi connectivity index (χ1n) is 14.1. The van der Waals surface area contributed by atoms with Crippen LogP contribution in [0.4, 0.5) is 0 Å². The van der Waals surface area contributed by atoms with E-state index < -0.39 is 0 Å². The van der Waals surface area contributed by atoms with Crippen LogP contribution in [0, 0.1) is 23.7 Å². The van der Waals surface area contributed by atoms with E-state index in [0.29, 0.717) is 0 Å². The molecule has 0 aliphatic carbocycles. The van der Waals surface area contributed by atoms with E-state index in [1.165, 1.54) is 122 Å². The second kappa shape index (κ2) is 21.2. The molecule has 4 atom stereocenters. The van der Waals surface area contributed by atoms with Crippen molar-refractivity contribution in [2.45, 2.75) is 164 Å². The van der Waals surface area contributed by atoms with Crippen LogP contribution in [-0.2, 0) is 0 Å². The summed E-state index contributed by atoms with van der Waals surface area (Å²) in [6.07, 6.45) is 27.5. The molecule has 0 heterocycles. The summed E-state index contributed by atoms with van der Waals surface area (Å²) in [5.41, 5.74) is 0. The minimum Gasteiger partial charge on any atom is -0.0654 e. The highest BCUT2D eigenvalue weighted by molar-refractivity contribution is 4.72. The van der Waals surface area contributed by atoms with E-state index in [4.69, 9.17) is 0 Å². The maximum absolute atomic E-state index is 2.58. The van der Waals surface area contributed by atoms with Crippen LogP contribution >= 0.6 is 0 Å². The van der Waals surface area contributed by atoms with E-state index in [0.717, 1.165) is 23.7 Å². The van der Waals surface area contributed by atoms with E-state index in [1.807, 2.05) is 0 Å². The smallest absolute Gasteiger partial charge is 0.0388 e. The Balaban J connectivity index is 4.65. The first-order chi connectivity index (χ1) is 14.1. The molecule has 0 spiro atoms. The minimum atomic E-state index is 0.939. The molecule has 0 radical (unpaired) electrons. The van der Waals surface area contributed by atoms with Crippen LogP contribution < -0.4 is 0 Å². The van der Waals surface area contributed by atoms with Crippen molar-refractivity contribution in [1.82, 2.24) is 0 Å². The third-order valence-corrected chi connectivity index (χ3v) is 7.44. The Morgan fingerprint density at radius 3 is 1.48 bits per heavy atom. The van der Waals surface area contributed by atoms with Gasteiger partial charge < -0.3 is 0 Å². The Hall–Kier alpha value is 0. The van der Waals surface area contributed by atoms with Gasteiger partial charge in [0, 0.05) is 0 Å². The fourth-order valence-corrected chi connectivity index (χ4v) is 5.26.